The summed E-state index contributed by atoms with van der Waals surface area (Å²) in [6.07, 6.45) is 0. The van der Waals surface area contributed by atoms with E-state index in [1.807, 2.05) is 0 Å². The summed E-state index contributed by atoms with van der Waals surface area (Å²) in [6.45, 7) is 3.36. The van der Waals surface area contributed by atoms with Crippen LogP contribution in [-0.4, -0.2) is 38.5 Å². The Morgan fingerprint density at radius 2 is 1.67 bits per heavy atom. The molecular weight excluding hydrogens is 296 g/mol. The highest BCUT2D eigenvalue weighted by Crippen LogP contribution is 2.11. The fourth-order valence-corrected chi connectivity index (χ4v) is 2.37. The molecule has 1 rings (SSSR count). The number of nitrogens with one attached hydrogen (secondary N) is 2. The minimum Gasteiger partial charge on any atom is -0.480 e. The number of carbonyl (C=O) groups is 2. The zero-order valence-electron chi connectivity index (χ0n) is 12.0. The first-order chi connectivity index (χ1) is 9.69. The first kappa shape index (κ1) is 17.1. The lowest BCUT2D eigenvalue weighted by Gasteiger charge is -2.17. The predicted molar refractivity (Wildman–Crippen MR) is 76.4 cm³/mol. The molecule has 0 saturated heterocycles. The third kappa shape index (κ3) is 4.27. The molecule has 1 aromatic rings. The molecule has 3 N–H and O–H groups in total. The van der Waals surface area contributed by atoms with Crippen molar-refractivity contribution in [3.05, 3.63) is 29.8 Å². The summed E-state index contributed by atoms with van der Waals surface area (Å²) in [5.74, 6) is -1.95. The predicted octanol–water partition coefficient (Wildman–Crippen LogP) is 0.434. The fraction of sp³-hybridized carbons (Fsp3) is 0.385. The van der Waals surface area contributed by atoms with Crippen molar-refractivity contribution in [2.75, 3.05) is 7.05 Å². The Bertz CT molecular complexity index is 622. The number of hydrogen-bond acceptors (Lipinski definition) is 4. The molecule has 1 atom stereocenters. The number of sulfonamides is 1. The highest BCUT2D eigenvalue weighted by atomic mass is 32.2. The van der Waals surface area contributed by atoms with E-state index in [-0.39, 0.29) is 16.4 Å². The average Bonchev–Trinajstić information content (AvgIpc) is 2.43. The zero-order valence-corrected chi connectivity index (χ0v) is 12.8. The maximum atomic E-state index is 12.0. The van der Waals surface area contributed by atoms with Crippen molar-refractivity contribution in [3.63, 3.8) is 0 Å². The van der Waals surface area contributed by atoms with Crippen molar-refractivity contribution in [2.45, 2.75) is 24.8 Å². The summed E-state index contributed by atoms with van der Waals surface area (Å²) in [7, 11) is -2.28. The lowest BCUT2D eigenvalue weighted by Crippen LogP contribution is -2.44. The Labute approximate surface area is 123 Å². The number of carboxylic acid groups (broad SMARTS) is 1. The molecule has 8 heteroatoms. The number of hydrogen-bond donors (Lipinski definition) is 3. The first-order valence-corrected chi connectivity index (χ1v) is 7.74. The lowest BCUT2D eigenvalue weighted by molar-refractivity contribution is -0.140. The molecule has 0 spiro atoms. The molecule has 21 heavy (non-hydrogen) atoms. The van der Waals surface area contributed by atoms with Crippen LogP contribution < -0.4 is 10.0 Å². The lowest BCUT2D eigenvalue weighted by atomic mass is 10.0. The van der Waals surface area contributed by atoms with Crippen LogP contribution in [0, 0.1) is 5.92 Å². The van der Waals surface area contributed by atoms with E-state index in [4.69, 9.17) is 5.11 Å². The van der Waals surface area contributed by atoms with Crippen LogP contribution in [-0.2, 0) is 14.8 Å². The molecule has 0 saturated carbocycles. The van der Waals surface area contributed by atoms with Gasteiger partial charge >= 0.3 is 5.97 Å². The van der Waals surface area contributed by atoms with Crippen LogP contribution in [0.3, 0.4) is 0 Å². The number of rotatable bonds is 6. The van der Waals surface area contributed by atoms with Gasteiger partial charge in [0.25, 0.3) is 5.91 Å². The molecule has 7 nitrogen and oxygen atoms in total. The van der Waals surface area contributed by atoms with Crippen molar-refractivity contribution in [2.24, 2.45) is 5.92 Å². The van der Waals surface area contributed by atoms with Crippen molar-refractivity contribution in [1.29, 1.82) is 0 Å². The van der Waals surface area contributed by atoms with Gasteiger partial charge in [0.15, 0.2) is 0 Å². The highest BCUT2D eigenvalue weighted by molar-refractivity contribution is 7.89. The van der Waals surface area contributed by atoms with Gasteiger partial charge < -0.3 is 10.4 Å². The normalized spacial score (nSPS) is 13.0. The molecule has 0 aliphatic carbocycles. The van der Waals surface area contributed by atoms with Crippen LogP contribution in [0.15, 0.2) is 29.2 Å². The Morgan fingerprint density at radius 1 is 1.14 bits per heavy atom. The summed E-state index contributed by atoms with van der Waals surface area (Å²) in [4.78, 5) is 23.0. The van der Waals surface area contributed by atoms with E-state index >= 15 is 0 Å². The van der Waals surface area contributed by atoms with E-state index in [0.29, 0.717) is 0 Å². The summed E-state index contributed by atoms with van der Waals surface area (Å²) in [5.41, 5.74) is 0.192. The number of amides is 1. The zero-order chi connectivity index (χ0) is 16.2. The van der Waals surface area contributed by atoms with Gasteiger partial charge in [-0.15, -0.1) is 0 Å². The second-order valence-electron chi connectivity index (χ2n) is 4.77. The SMILES string of the molecule is CNS(=O)(=O)c1ccc(C(=O)N[C@@H](C(=O)O)C(C)C)cc1. The fourth-order valence-electron chi connectivity index (χ4n) is 1.64. The summed E-state index contributed by atoms with van der Waals surface area (Å²) < 4.78 is 25.3. The standard InChI is InChI=1S/C13H18N2O5S/c1-8(2)11(13(17)18)15-12(16)9-4-6-10(7-5-9)21(19,20)14-3/h4-8,11,14H,1-3H3,(H,15,16)(H,17,18)/t11-/m1/s1. The van der Waals surface area contributed by atoms with E-state index in [1.54, 1.807) is 13.8 Å². The molecule has 1 aromatic carbocycles. The molecule has 0 fully saturated rings. The van der Waals surface area contributed by atoms with E-state index in [0.717, 1.165) is 0 Å². The van der Waals surface area contributed by atoms with E-state index in [9.17, 15) is 18.0 Å². The maximum absolute atomic E-state index is 12.0. The number of carbonyl (C=O) groups excluding carboxylic acids is 1. The molecule has 1 amide bonds. The van der Waals surface area contributed by atoms with Crippen LogP contribution in [0.5, 0.6) is 0 Å². The Kier molecular flexibility index (Phi) is 5.45. The second-order valence-corrected chi connectivity index (χ2v) is 6.65. The Hall–Kier alpha value is -1.93. The number of carboxylic acids is 1. The molecule has 0 heterocycles. The first-order valence-electron chi connectivity index (χ1n) is 6.26. The topological polar surface area (TPSA) is 113 Å². The molecule has 0 aliphatic rings. The average molecular weight is 314 g/mol. The second kappa shape index (κ2) is 6.68. The molecule has 0 radical (unpaired) electrons. The van der Waals surface area contributed by atoms with E-state index in [2.05, 4.69) is 10.0 Å². The minimum absolute atomic E-state index is 0.0280. The summed E-state index contributed by atoms with van der Waals surface area (Å²) in [6, 6.07) is 4.23. The molecule has 0 unspecified atom stereocenters. The molecule has 0 aromatic heterocycles. The van der Waals surface area contributed by atoms with Gasteiger partial charge in [0.2, 0.25) is 10.0 Å². The van der Waals surface area contributed by atoms with Gasteiger partial charge in [0.05, 0.1) is 4.90 Å². The van der Waals surface area contributed by atoms with Crippen LogP contribution in [0.2, 0.25) is 0 Å². The molecule has 0 aliphatic heterocycles. The Balaban J connectivity index is 2.92. The van der Waals surface area contributed by atoms with Crippen molar-refractivity contribution < 1.29 is 23.1 Å². The van der Waals surface area contributed by atoms with E-state index < -0.39 is 27.9 Å². The van der Waals surface area contributed by atoms with Crippen molar-refractivity contribution >= 4 is 21.9 Å². The quantitative estimate of drug-likeness (QED) is 0.705. The highest BCUT2D eigenvalue weighted by Gasteiger charge is 2.24. The third-order valence-electron chi connectivity index (χ3n) is 2.91. The van der Waals surface area contributed by atoms with Gasteiger partial charge in [-0.3, -0.25) is 4.79 Å². The maximum Gasteiger partial charge on any atom is 0.326 e. The molecular formula is C13H18N2O5S. The largest absolute Gasteiger partial charge is 0.480 e. The van der Waals surface area contributed by atoms with E-state index in [1.165, 1.54) is 31.3 Å². The third-order valence-corrected chi connectivity index (χ3v) is 4.35. The Morgan fingerprint density at radius 3 is 2.05 bits per heavy atom. The number of benzene rings is 1. The molecule has 116 valence electrons. The van der Waals surface area contributed by atoms with Gasteiger partial charge in [-0.2, -0.15) is 0 Å². The van der Waals surface area contributed by atoms with Gasteiger partial charge in [0, 0.05) is 5.56 Å². The monoisotopic (exact) mass is 314 g/mol. The van der Waals surface area contributed by atoms with Crippen LogP contribution in [0.25, 0.3) is 0 Å². The number of aliphatic carboxylic acids is 1. The van der Waals surface area contributed by atoms with Gasteiger partial charge in [-0.1, -0.05) is 13.8 Å². The van der Waals surface area contributed by atoms with Gasteiger partial charge in [0.1, 0.15) is 6.04 Å². The minimum atomic E-state index is -3.57. The van der Waals surface area contributed by atoms with Crippen LogP contribution in [0.4, 0.5) is 0 Å². The summed E-state index contributed by atoms with van der Waals surface area (Å²) in [5, 5.41) is 11.4. The van der Waals surface area contributed by atoms with Crippen LogP contribution in [0.1, 0.15) is 24.2 Å². The van der Waals surface area contributed by atoms with Crippen molar-refractivity contribution in [1.82, 2.24) is 10.0 Å². The summed E-state index contributed by atoms with van der Waals surface area (Å²) >= 11 is 0. The van der Waals surface area contributed by atoms with Crippen LogP contribution >= 0.6 is 0 Å². The van der Waals surface area contributed by atoms with Gasteiger partial charge in [-0.25, -0.2) is 17.9 Å². The smallest absolute Gasteiger partial charge is 0.326 e. The van der Waals surface area contributed by atoms with Crippen molar-refractivity contribution in [3.8, 4) is 0 Å². The molecule has 0 bridgehead atoms. The van der Waals surface area contributed by atoms with Gasteiger partial charge in [-0.05, 0) is 37.2 Å².